The lowest BCUT2D eigenvalue weighted by atomic mass is 10.1. The number of esters is 1. The maximum absolute atomic E-state index is 13.5. The normalized spacial score (nSPS) is 16.8. The van der Waals surface area contributed by atoms with Gasteiger partial charge in [0.25, 0.3) is 0 Å². The number of nitrogens with zero attached hydrogens (tertiary/aromatic N) is 1. The van der Waals surface area contributed by atoms with Crippen molar-refractivity contribution in [1.29, 1.82) is 0 Å². The van der Waals surface area contributed by atoms with Gasteiger partial charge in [0.1, 0.15) is 16.8 Å². The smallest absolute Gasteiger partial charge is 0.319 e. The molecule has 18 heavy (non-hydrogen) atoms. The zero-order valence-corrected chi connectivity index (χ0v) is 9.59. The van der Waals surface area contributed by atoms with E-state index in [4.69, 9.17) is 4.74 Å². The summed E-state index contributed by atoms with van der Waals surface area (Å²) in [7, 11) is 1.30. The Balaban J connectivity index is 2.15. The molecule has 2 aromatic rings. The second-order valence-electron chi connectivity index (χ2n) is 4.42. The van der Waals surface area contributed by atoms with Crippen LogP contribution in [0.15, 0.2) is 12.1 Å². The minimum atomic E-state index is -1.00. The molecule has 1 aliphatic rings. The van der Waals surface area contributed by atoms with Crippen LogP contribution in [0.3, 0.4) is 0 Å². The molecule has 0 unspecified atom stereocenters. The summed E-state index contributed by atoms with van der Waals surface area (Å²) in [5.74, 6) is -2.02. The molecule has 3 rings (SSSR count). The number of H-pyrrole nitrogens is 1. The molecule has 1 aliphatic carbocycles. The summed E-state index contributed by atoms with van der Waals surface area (Å²) in [5.41, 5.74) is -0.518. The zero-order valence-electron chi connectivity index (χ0n) is 9.59. The Morgan fingerprint density at radius 2 is 2.17 bits per heavy atom. The van der Waals surface area contributed by atoms with Gasteiger partial charge in [-0.1, -0.05) is 0 Å². The van der Waals surface area contributed by atoms with Crippen molar-refractivity contribution in [3.05, 3.63) is 29.6 Å². The van der Waals surface area contributed by atoms with Crippen molar-refractivity contribution < 1.29 is 18.3 Å². The first-order valence-electron chi connectivity index (χ1n) is 5.51. The van der Waals surface area contributed by atoms with Crippen LogP contribution in [0.5, 0.6) is 0 Å². The summed E-state index contributed by atoms with van der Waals surface area (Å²) < 4.78 is 31.3. The highest BCUT2D eigenvalue weighted by molar-refractivity contribution is 5.87. The molecule has 1 N–H and O–H groups in total. The molecule has 0 spiro atoms. The maximum Gasteiger partial charge on any atom is 0.319 e. The summed E-state index contributed by atoms with van der Waals surface area (Å²) in [6.07, 6.45) is 1.20. The number of carbonyl (C=O) groups is 1. The van der Waals surface area contributed by atoms with Crippen molar-refractivity contribution in [1.82, 2.24) is 9.97 Å². The number of halogens is 2. The van der Waals surface area contributed by atoms with E-state index in [1.807, 2.05) is 0 Å². The molecule has 1 aromatic heterocycles. The van der Waals surface area contributed by atoms with Crippen LogP contribution in [-0.4, -0.2) is 23.0 Å². The lowest BCUT2D eigenvalue weighted by Crippen LogP contribution is -2.23. The standard InChI is InChI=1S/C12H10F2N2O2/c1-18-11(17)12(4-5-12)10-15-7-3-2-6(13)8(14)9(7)16-10/h2-3H,4-5H2,1H3,(H,15,16). The first-order valence-corrected chi connectivity index (χ1v) is 5.51. The van der Waals surface area contributed by atoms with Crippen molar-refractivity contribution in [2.24, 2.45) is 0 Å². The number of benzene rings is 1. The van der Waals surface area contributed by atoms with Gasteiger partial charge in [0.05, 0.1) is 12.6 Å². The molecule has 1 heterocycles. The number of hydrogen-bond acceptors (Lipinski definition) is 3. The van der Waals surface area contributed by atoms with Gasteiger partial charge in [-0.05, 0) is 25.0 Å². The Morgan fingerprint density at radius 1 is 1.44 bits per heavy atom. The van der Waals surface area contributed by atoms with E-state index in [-0.39, 0.29) is 5.52 Å². The average molecular weight is 252 g/mol. The van der Waals surface area contributed by atoms with Gasteiger partial charge in [0.15, 0.2) is 11.6 Å². The van der Waals surface area contributed by atoms with Gasteiger partial charge in [-0.3, -0.25) is 4.79 Å². The van der Waals surface area contributed by atoms with Gasteiger partial charge in [0, 0.05) is 0 Å². The molecular formula is C12H10F2N2O2. The van der Waals surface area contributed by atoms with Crippen molar-refractivity contribution >= 4 is 17.0 Å². The summed E-state index contributed by atoms with van der Waals surface area (Å²) >= 11 is 0. The fourth-order valence-corrected chi connectivity index (χ4v) is 2.10. The van der Waals surface area contributed by atoms with Crippen LogP contribution in [0.1, 0.15) is 18.7 Å². The fourth-order valence-electron chi connectivity index (χ4n) is 2.10. The minimum absolute atomic E-state index is 0.0832. The van der Waals surface area contributed by atoms with Crippen LogP contribution in [0.4, 0.5) is 8.78 Å². The zero-order chi connectivity index (χ0) is 12.9. The Bertz CT molecular complexity index is 647. The second kappa shape index (κ2) is 3.51. The molecule has 6 heteroatoms. The number of carbonyl (C=O) groups excluding carboxylic acids is 1. The predicted molar refractivity (Wildman–Crippen MR) is 58.9 cm³/mol. The number of aromatic nitrogens is 2. The molecule has 1 fully saturated rings. The first kappa shape index (κ1) is 11.1. The topological polar surface area (TPSA) is 55.0 Å². The first-order chi connectivity index (χ1) is 8.58. The Morgan fingerprint density at radius 3 is 2.78 bits per heavy atom. The average Bonchev–Trinajstić information content (AvgIpc) is 3.07. The van der Waals surface area contributed by atoms with E-state index in [9.17, 15) is 13.6 Å². The SMILES string of the molecule is COC(=O)C1(c2nc3c(F)c(F)ccc3[nH]2)CC1. The highest BCUT2D eigenvalue weighted by Gasteiger charge is 2.55. The van der Waals surface area contributed by atoms with Gasteiger partial charge in [-0.2, -0.15) is 0 Å². The number of hydrogen-bond donors (Lipinski definition) is 1. The third-order valence-electron chi connectivity index (χ3n) is 3.33. The number of methoxy groups -OCH3 is 1. The third-order valence-corrected chi connectivity index (χ3v) is 3.33. The van der Waals surface area contributed by atoms with Crippen molar-refractivity contribution in [2.75, 3.05) is 7.11 Å². The number of fused-ring (bicyclic) bond motifs is 1. The van der Waals surface area contributed by atoms with Crippen LogP contribution in [-0.2, 0) is 14.9 Å². The monoisotopic (exact) mass is 252 g/mol. The fraction of sp³-hybridized carbons (Fsp3) is 0.333. The van der Waals surface area contributed by atoms with Crippen molar-refractivity contribution in [3.63, 3.8) is 0 Å². The van der Waals surface area contributed by atoms with E-state index < -0.39 is 23.0 Å². The number of aromatic amines is 1. The third kappa shape index (κ3) is 1.35. The van der Waals surface area contributed by atoms with Crippen molar-refractivity contribution in [3.8, 4) is 0 Å². The molecule has 0 atom stereocenters. The van der Waals surface area contributed by atoms with Gasteiger partial charge in [-0.15, -0.1) is 0 Å². The van der Waals surface area contributed by atoms with Crippen LogP contribution in [0.2, 0.25) is 0 Å². The number of imidazole rings is 1. The summed E-state index contributed by atoms with van der Waals surface area (Å²) in [4.78, 5) is 18.5. The summed E-state index contributed by atoms with van der Waals surface area (Å²) in [6.45, 7) is 0. The molecule has 0 radical (unpaired) electrons. The molecule has 94 valence electrons. The molecule has 1 saturated carbocycles. The molecule has 0 aliphatic heterocycles. The lowest BCUT2D eigenvalue weighted by Gasteiger charge is -2.08. The van der Waals surface area contributed by atoms with Gasteiger partial charge < -0.3 is 9.72 Å². The van der Waals surface area contributed by atoms with E-state index in [1.54, 1.807) is 0 Å². The van der Waals surface area contributed by atoms with E-state index >= 15 is 0 Å². The molecule has 4 nitrogen and oxygen atoms in total. The van der Waals surface area contributed by atoms with Crippen LogP contribution in [0, 0.1) is 11.6 Å². The number of nitrogens with one attached hydrogen (secondary N) is 1. The van der Waals surface area contributed by atoms with Gasteiger partial charge in [0.2, 0.25) is 0 Å². The summed E-state index contributed by atoms with van der Waals surface area (Å²) in [6, 6.07) is 2.43. The van der Waals surface area contributed by atoms with E-state index in [1.165, 1.54) is 13.2 Å². The highest BCUT2D eigenvalue weighted by atomic mass is 19.2. The molecule has 1 aromatic carbocycles. The largest absolute Gasteiger partial charge is 0.468 e. The predicted octanol–water partition coefficient (Wildman–Crippen LogP) is 2.05. The highest BCUT2D eigenvalue weighted by Crippen LogP contribution is 2.48. The Kier molecular flexibility index (Phi) is 2.17. The summed E-state index contributed by atoms with van der Waals surface area (Å²) in [5, 5.41) is 0. The van der Waals surface area contributed by atoms with E-state index in [0.29, 0.717) is 24.2 Å². The number of ether oxygens (including phenoxy) is 1. The minimum Gasteiger partial charge on any atom is -0.468 e. The van der Waals surface area contributed by atoms with E-state index in [2.05, 4.69) is 9.97 Å². The second-order valence-corrected chi connectivity index (χ2v) is 4.42. The molecule has 0 saturated heterocycles. The van der Waals surface area contributed by atoms with Gasteiger partial charge >= 0.3 is 5.97 Å². The Hall–Kier alpha value is -1.98. The molecule has 0 bridgehead atoms. The van der Waals surface area contributed by atoms with Crippen LogP contribution in [0.25, 0.3) is 11.0 Å². The molecule has 0 amide bonds. The van der Waals surface area contributed by atoms with Crippen LogP contribution < -0.4 is 0 Å². The molecular weight excluding hydrogens is 242 g/mol. The van der Waals surface area contributed by atoms with Crippen molar-refractivity contribution in [2.45, 2.75) is 18.3 Å². The lowest BCUT2D eigenvalue weighted by molar-refractivity contribution is -0.143. The van der Waals surface area contributed by atoms with Gasteiger partial charge in [-0.25, -0.2) is 13.8 Å². The van der Waals surface area contributed by atoms with E-state index in [0.717, 1.165) is 6.07 Å². The maximum atomic E-state index is 13.5. The quantitative estimate of drug-likeness (QED) is 0.832. The van der Waals surface area contributed by atoms with Crippen LogP contribution >= 0.6 is 0 Å². The number of rotatable bonds is 2. The Labute approximate surface area is 101 Å².